The largest absolute Gasteiger partial charge is 0.375 e. The number of likely N-dealkylation sites (tertiary alicyclic amines) is 2. The monoisotopic (exact) mass is 321 g/mol. The molecule has 0 spiro atoms. The zero-order chi connectivity index (χ0) is 16.4. The molecule has 126 valence electrons. The number of aromatic nitrogens is 3. The summed E-state index contributed by atoms with van der Waals surface area (Å²) in [6.07, 6.45) is 4.90. The Morgan fingerprint density at radius 3 is 2.87 bits per heavy atom. The van der Waals surface area contributed by atoms with Gasteiger partial charge in [-0.05, 0) is 18.8 Å². The number of piperidine rings is 1. The Morgan fingerprint density at radius 2 is 2.22 bits per heavy atom. The van der Waals surface area contributed by atoms with Gasteiger partial charge in [-0.3, -0.25) is 14.3 Å². The van der Waals surface area contributed by atoms with Crippen LogP contribution in [0, 0.1) is 5.92 Å². The van der Waals surface area contributed by atoms with Gasteiger partial charge in [-0.25, -0.2) is 4.98 Å². The highest BCUT2D eigenvalue weighted by molar-refractivity contribution is 5.78. The second-order valence-corrected chi connectivity index (χ2v) is 6.32. The average molecular weight is 321 g/mol. The van der Waals surface area contributed by atoms with Crippen molar-refractivity contribution >= 4 is 11.8 Å². The van der Waals surface area contributed by atoms with Crippen LogP contribution in [0.5, 0.6) is 0 Å². The summed E-state index contributed by atoms with van der Waals surface area (Å²) < 4.78 is 6.71. The highest BCUT2D eigenvalue weighted by Gasteiger charge is 2.45. The minimum Gasteiger partial charge on any atom is -0.375 e. The standard InChI is InChI=1S/C15H23N5O3/c1-11(21)20-13(7-19-10-16-9-17-19)5-12-6-18(4-3-14(12)20)15(22)8-23-2/h9-10,12-14H,3-8H2,1-2H3/t12?,13-,14?/m0/s1. The van der Waals surface area contributed by atoms with E-state index in [9.17, 15) is 9.59 Å². The van der Waals surface area contributed by atoms with E-state index in [1.807, 2.05) is 9.80 Å². The first kappa shape index (κ1) is 15.9. The average Bonchev–Trinajstić information content (AvgIpc) is 3.13. The minimum atomic E-state index is 0.0278. The first-order chi connectivity index (χ1) is 11.1. The molecular weight excluding hydrogens is 298 g/mol. The normalized spacial score (nSPS) is 27.1. The van der Waals surface area contributed by atoms with E-state index in [0.29, 0.717) is 25.6 Å². The Labute approximate surface area is 135 Å². The van der Waals surface area contributed by atoms with E-state index in [-0.39, 0.29) is 30.5 Å². The fourth-order valence-electron chi connectivity index (χ4n) is 3.99. The van der Waals surface area contributed by atoms with Crippen LogP contribution in [-0.2, 0) is 20.9 Å². The third-order valence-corrected chi connectivity index (χ3v) is 4.87. The van der Waals surface area contributed by atoms with Crippen molar-refractivity contribution in [3.8, 4) is 0 Å². The van der Waals surface area contributed by atoms with Crippen LogP contribution in [-0.4, -0.2) is 75.3 Å². The first-order valence-corrected chi connectivity index (χ1v) is 7.98. The van der Waals surface area contributed by atoms with Crippen molar-refractivity contribution in [3.63, 3.8) is 0 Å². The maximum atomic E-state index is 12.1. The summed E-state index contributed by atoms with van der Waals surface area (Å²) in [7, 11) is 1.53. The number of hydrogen-bond acceptors (Lipinski definition) is 5. The van der Waals surface area contributed by atoms with Gasteiger partial charge in [0.1, 0.15) is 19.3 Å². The molecule has 2 aliphatic rings. The van der Waals surface area contributed by atoms with Gasteiger partial charge in [0.25, 0.3) is 0 Å². The van der Waals surface area contributed by atoms with Crippen LogP contribution in [0.4, 0.5) is 0 Å². The van der Waals surface area contributed by atoms with Crippen molar-refractivity contribution < 1.29 is 14.3 Å². The SMILES string of the molecule is COCC(=O)N1CCC2C(C[C@@H](Cn3cncn3)N2C(C)=O)C1. The molecule has 2 amide bonds. The second-order valence-electron chi connectivity index (χ2n) is 6.32. The number of methoxy groups -OCH3 is 1. The molecule has 2 aliphatic heterocycles. The molecule has 23 heavy (non-hydrogen) atoms. The highest BCUT2D eigenvalue weighted by Crippen LogP contribution is 2.36. The number of fused-ring (bicyclic) bond motifs is 1. The van der Waals surface area contributed by atoms with Gasteiger partial charge in [0.05, 0.1) is 12.6 Å². The summed E-state index contributed by atoms with van der Waals surface area (Å²) in [5.74, 6) is 0.446. The molecular formula is C15H23N5O3. The zero-order valence-electron chi connectivity index (χ0n) is 13.6. The molecule has 0 saturated carbocycles. The smallest absolute Gasteiger partial charge is 0.248 e. The van der Waals surface area contributed by atoms with Gasteiger partial charge < -0.3 is 14.5 Å². The molecule has 1 aromatic heterocycles. The summed E-state index contributed by atoms with van der Waals surface area (Å²) >= 11 is 0. The van der Waals surface area contributed by atoms with Gasteiger partial charge in [-0.1, -0.05) is 0 Å². The molecule has 8 nitrogen and oxygen atoms in total. The summed E-state index contributed by atoms with van der Waals surface area (Å²) in [6.45, 7) is 3.78. The number of ether oxygens (including phenoxy) is 1. The Hall–Kier alpha value is -1.96. The van der Waals surface area contributed by atoms with E-state index < -0.39 is 0 Å². The van der Waals surface area contributed by atoms with Crippen LogP contribution in [0.15, 0.2) is 12.7 Å². The fourth-order valence-corrected chi connectivity index (χ4v) is 3.99. The molecule has 3 rings (SSSR count). The molecule has 0 aliphatic carbocycles. The van der Waals surface area contributed by atoms with Gasteiger partial charge in [0, 0.05) is 33.2 Å². The van der Waals surface area contributed by atoms with Crippen molar-refractivity contribution in [3.05, 3.63) is 12.7 Å². The van der Waals surface area contributed by atoms with Crippen molar-refractivity contribution in [2.45, 2.75) is 38.4 Å². The molecule has 3 heterocycles. The van der Waals surface area contributed by atoms with Gasteiger partial charge in [0.15, 0.2) is 0 Å². The molecule has 1 aromatic rings. The third kappa shape index (κ3) is 3.21. The van der Waals surface area contributed by atoms with E-state index in [1.165, 1.54) is 13.4 Å². The molecule has 3 atom stereocenters. The zero-order valence-corrected chi connectivity index (χ0v) is 13.6. The number of carbonyl (C=O) groups is 2. The van der Waals surface area contributed by atoms with Crippen LogP contribution in [0.1, 0.15) is 19.8 Å². The Balaban J connectivity index is 1.70. The predicted octanol–water partition coefficient (Wildman–Crippen LogP) is -0.238. The van der Waals surface area contributed by atoms with E-state index in [1.54, 1.807) is 17.9 Å². The van der Waals surface area contributed by atoms with E-state index in [2.05, 4.69) is 10.1 Å². The number of hydrogen-bond donors (Lipinski definition) is 0. The van der Waals surface area contributed by atoms with Crippen molar-refractivity contribution in [2.24, 2.45) is 5.92 Å². The highest BCUT2D eigenvalue weighted by atomic mass is 16.5. The van der Waals surface area contributed by atoms with Crippen molar-refractivity contribution in [1.29, 1.82) is 0 Å². The third-order valence-electron chi connectivity index (χ3n) is 4.87. The Kier molecular flexibility index (Phi) is 4.61. The predicted molar refractivity (Wildman–Crippen MR) is 81.3 cm³/mol. The number of amides is 2. The molecule has 0 N–H and O–H groups in total. The molecule has 0 aromatic carbocycles. The minimum absolute atomic E-state index is 0.0278. The van der Waals surface area contributed by atoms with Gasteiger partial charge in [-0.15, -0.1) is 0 Å². The van der Waals surface area contributed by atoms with Crippen LogP contribution in [0.2, 0.25) is 0 Å². The van der Waals surface area contributed by atoms with Crippen LogP contribution in [0.25, 0.3) is 0 Å². The molecule has 0 radical (unpaired) electrons. The van der Waals surface area contributed by atoms with Gasteiger partial charge >= 0.3 is 0 Å². The van der Waals surface area contributed by atoms with Crippen LogP contribution < -0.4 is 0 Å². The number of carbonyl (C=O) groups excluding carboxylic acids is 2. The van der Waals surface area contributed by atoms with Crippen molar-refractivity contribution in [1.82, 2.24) is 24.6 Å². The Bertz CT molecular complexity index is 561. The lowest BCUT2D eigenvalue weighted by atomic mass is 9.92. The summed E-state index contributed by atoms with van der Waals surface area (Å²) in [4.78, 5) is 32.0. The summed E-state index contributed by atoms with van der Waals surface area (Å²) in [5.41, 5.74) is 0. The lowest BCUT2D eigenvalue weighted by Crippen LogP contribution is -2.50. The maximum absolute atomic E-state index is 12.1. The van der Waals surface area contributed by atoms with Gasteiger partial charge in [0.2, 0.25) is 11.8 Å². The Morgan fingerprint density at radius 1 is 1.39 bits per heavy atom. The first-order valence-electron chi connectivity index (χ1n) is 7.98. The summed E-state index contributed by atoms with van der Waals surface area (Å²) in [5, 5.41) is 4.14. The maximum Gasteiger partial charge on any atom is 0.248 e. The van der Waals surface area contributed by atoms with E-state index >= 15 is 0 Å². The lowest BCUT2D eigenvalue weighted by Gasteiger charge is -2.38. The fraction of sp³-hybridized carbons (Fsp3) is 0.733. The molecule has 0 bridgehead atoms. The molecule has 2 unspecified atom stereocenters. The van der Waals surface area contributed by atoms with Crippen molar-refractivity contribution in [2.75, 3.05) is 26.8 Å². The lowest BCUT2D eigenvalue weighted by molar-refractivity contribution is -0.138. The molecule has 2 saturated heterocycles. The molecule has 8 heteroatoms. The number of nitrogens with zero attached hydrogens (tertiary/aromatic N) is 5. The van der Waals surface area contributed by atoms with E-state index in [0.717, 1.165) is 12.8 Å². The van der Waals surface area contributed by atoms with Crippen LogP contribution in [0.3, 0.4) is 0 Å². The van der Waals surface area contributed by atoms with E-state index in [4.69, 9.17) is 4.74 Å². The van der Waals surface area contributed by atoms with Crippen LogP contribution >= 0.6 is 0 Å². The van der Waals surface area contributed by atoms with Gasteiger partial charge in [-0.2, -0.15) is 5.10 Å². The number of rotatable bonds is 4. The summed E-state index contributed by atoms with van der Waals surface area (Å²) in [6, 6.07) is 0.328. The second kappa shape index (κ2) is 6.66. The quantitative estimate of drug-likeness (QED) is 0.765. The molecule has 2 fully saturated rings. The topological polar surface area (TPSA) is 80.6 Å².